The highest BCUT2D eigenvalue weighted by atomic mass is 32.2. The first-order chi connectivity index (χ1) is 9.45. The van der Waals surface area contributed by atoms with Crippen LogP contribution in [-0.2, 0) is 4.79 Å². The van der Waals surface area contributed by atoms with Gasteiger partial charge in [0.05, 0.1) is 0 Å². The van der Waals surface area contributed by atoms with Crippen LogP contribution in [0.15, 0.2) is 23.2 Å². The van der Waals surface area contributed by atoms with Crippen molar-refractivity contribution >= 4 is 29.8 Å². The molecule has 7 heteroatoms. The fourth-order valence-electron chi connectivity index (χ4n) is 1.49. The minimum absolute atomic E-state index is 0.0345. The van der Waals surface area contributed by atoms with E-state index in [4.69, 9.17) is 16.2 Å². The standard InChI is InChI=1S/C13H17N3O3S/c1-20-5-4-10(13(18)19)16-7-9-6-8(12(14)15)2-3-11(9)17/h2-3,6-7,10,17H,4-5H2,1H3,(H3,14,15)(H,18,19)/t10-/m0/s1. The molecular formula is C13H17N3O3S. The molecule has 0 aliphatic heterocycles. The lowest BCUT2D eigenvalue weighted by Gasteiger charge is -2.07. The van der Waals surface area contributed by atoms with Crippen LogP contribution in [0.3, 0.4) is 0 Å². The number of rotatable bonds is 7. The fraction of sp³-hybridized carbons (Fsp3) is 0.308. The van der Waals surface area contributed by atoms with Gasteiger partial charge in [-0.2, -0.15) is 11.8 Å². The molecule has 0 unspecified atom stereocenters. The topological polar surface area (TPSA) is 120 Å². The molecule has 0 amide bonds. The second-order valence-electron chi connectivity index (χ2n) is 4.10. The van der Waals surface area contributed by atoms with E-state index in [2.05, 4.69) is 4.99 Å². The van der Waals surface area contributed by atoms with E-state index in [1.165, 1.54) is 24.4 Å². The number of phenolic OH excluding ortho intramolecular Hbond substituents is 1. The molecule has 0 radical (unpaired) electrons. The molecule has 0 aromatic heterocycles. The first-order valence-corrected chi connectivity index (χ1v) is 7.27. The van der Waals surface area contributed by atoms with E-state index >= 15 is 0 Å². The van der Waals surface area contributed by atoms with Crippen LogP contribution in [0.2, 0.25) is 0 Å². The zero-order valence-corrected chi connectivity index (χ0v) is 11.9. The Hall–Kier alpha value is -2.02. The number of hydrogen-bond acceptors (Lipinski definition) is 5. The highest BCUT2D eigenvalue weighted by Crippen LogP contribution is 2.17. The van der Waals surface area contributed by atoms with Gasteiger partial charge < -0.3 is 15.9 Å². The zero-order chi connectivity index (χ0) is 15.1. The van der Waals surface area contributed by atoms with E-state index in [9.17, 15) is 9.90 Å². The number of amidine groups is 1. The summed E-state index contributed by atoms with van der Waals surface area (Å²) in [5.41, 5.74) is 6.15. The van der Waals surface area contributed by atoms with Crippen molar-refractivity contribution in [3.8, 4) is 5.75 Å². The van der Waals surface area contributed by atoms with Gasteiger partial charge in [0.1, 0.15) is 17.6 Å². The molecule has 0 saturated heterocycles. The number of aromatic hydroxyl groups is 1. The molecule has 0 spiro atoms. The van der Waals surface area contributed by atoms with Crippen LogP contribution < -0.4 is 5.73 Å². The molecule has 0 bridgehead atoms. The number of nitrogen functional groups attached to an aromatic ring is 1. The first kappa shape index (κ1) is 16.0. The summed E-state index contributed by atoms with van der Waals surface area (Å²) in [6, 6.07) is 3.56. The van der Waals surface area contributed by atoms with Crippen LogP contribution in [0.25, 0.3) is 0 Å². The van der Waals surface area contributed by atoms with E-state index in [-0.39, 0.29) is 11.6 Å². The Balaban J connectivity index is 2.94. The van der Waals surface area contributed by atoms with Gasteiger partial charge in [0.2, 0.25) is 0 Å². The number of aliphatic imine (C=N–C) groups is 1. The van der Waals surface area contributed by atoms with Gasteiger partial charge in [-0.1, -0.05) is 0 Å². The van der Waals surface area contributed by atoms with Gasteiger partial charge in [-0.05, 0) is 36.6 Å². The second-order valence-corrected chi connectivity index (χ2v) is 5.09. The minimum atomic E-state index is -1.00. The highest BCUT2D eigenvalue weighted by molar-refractivity contribution is 7.98. The fourth-order valence-corrected chi connectivity index (χ4v) is 1.95. The van der Waals surface area contributed by atoms with Crippen molar-refractivity contribution < 1.29 is 15.0 Å². The van der Waals surface area contributed by atoms with Crippen LogP contribution in [0.1, 0.15) is 17.5 Å². The molecule has 1 rings (SSSR count). The normalized spacial score (nSPS) is 12.4. The number of benzene rings is 1. The Morgan fingerprint density at radius 2 is 2.30 bits per heavy atom. The van der Waals surface area contributed by atoms with Gasteiger partial charge in [-0.3, -0.25) is 10.4 Å². The number of hydrogen-bond donors (Lipinski definition) is 4. The summed E-state index contributed by atoms with van der Waals surface area (Å²) >= 11 is 1.55. The second kappa shape index (κ2) is 7.54. The van der Waals surface area contributed by atoms with Crippen LogP contribution in [0.5, 0.6) is 5.75 Å². The Kier molecular flexibility index (Phi) is 6.05. The van der Waals surface area contributed by atoms with Crippen molar-refractivity contribution in [2.75, 3.05) is 12.0 Å². The molecule has 20 heavy (non-hydrogen) atoms. The molecule has 0 aliphatic carbocycles. The van der Waals surface area contributed by atoms with Crippen molar-refractivity contribution in [3.63, 3.8) is 0 Å². The third-order valence-corrected chi connectivity index (χ3v) is 3.26. The molecule has 1 atom stereocenters. The number of carbonyl (C=O) groups is 1. The number of nitrogens with zero attached hydrogens (tertiary/aromatic N) is 1. The summed E-state index contributed by atoms with van der Waals surface area (Å²) in [4.78, 5) is 15.0. The van der Waals surface area contributed by atoms with Gasteiger partial charge >= 0.3 is 5.97 Å². The molecule has 5 N–H and O–H groups in total. The summed E-state index contributed by atoms with van der Waals surface area (Å²) in [5, 5.41) is 26.1. The van der Waals surface area contributed by atoms with E-state index in [0.29, 0.717) is 23.3 Å². The van der Waals surface area contributed by atoms with Crippen LogP contribution in [0.4, 0.5) is 0 Å². The number of carboxylic acids is 1. The molecule has 0 aliphatic rings. The van der Waals surface area contributed by atoms with Crippen molar-refractivity contribution in [1.29, 1.82) is 5.41 Å². The zero-order valence-electron chi connectivity index (χ0n) is 11.0. The summed E-state index contributed by atoms with van der Waals surface area (Å²) in [5.74, 6) is -0.476. The van der Waals surface area contributed by atoms with E-state index in [1.807, 2.05) is 6.26 Å². The largest absolute Gasteiger partial charge is 0.507 e. The summed E-state index contributed by atoms with van der Waals surface area (Å²) in [6.45, 7) is 0. The van der Waals surface area contributed by atoms with Gasteiger partial charge in [-0.25, -0.2) is 4.79 Å². The Labute approximate surface area is 121 Å². The lowest BCUT2D eigenvalue weighted by Crippen LogP contribution is -2.19. The Morgan fingerprint density at radius 3 is 2.85 bits per heavy atom. The summed E-state index contributed by atoms with van der Waals surface area (Å²) < 4.78 is 0. The summed E-state index contributed by atoms with van der Waals surface area (Å²) in [6.07, 6.45) is 3.62. The van der Waals surface area contributed by atoms with Crippen molar-refractivity contribution in [2.45, 2.75) is 12.5 Å². The first-order valence-electron chi connectivity index (χ1n) is 5.88. The molecule has 0 saturated carbocycles. The van der Waals surface area contributed by atoms with Crippen LogP contribution in [-0.4, -0.2) is 46.3 Å². The quantitative estimate of drug-likeness (QED) is 0.446. The van der Waals surface area contributed by atoms with Crippen molar-refractivity contribution in [1.82, 2.24) is 0 Å². The highest BCUT2D eigenvalue weighted by Gasteiger charge is 2.14. The predicted octanol–water partition coefficient (Wildman–Crippen LogP) is 1.30. The van der Waals surface area contributed by atoms with Gasteiger partial charge in [0.15, 0.2) is 0 Å². The van der Waals surface area contributed by atoms with Gasteiger partial charge in [0.25, 0.3) is 0 Å². The Morgan fingerprint density at radius 1 is 1.60 bits per heavy atom. The number of aliphatic carboxylic acids is 1. The molecule has 1 aromatic rings. The average molecular weight is 295 g/mol. The number of carboxylic acid groups (broad SMARTS) is 1. The SMILES string of the molecule is CSCC[C@H](N=Cc1cc(C(=N)N)ccc1O)C(=O)O. The molecule has 6 nitrogen and oxygen atoms in total. The molecule has 1 aromatic carbocycles. The lowest BCUT2D eigenvalue weighted by atomic mass is 10.1. The van der Waals surface area contributed by atoms with Gasteiger partial charge in [-0.15, -0.1) is 0 Å². The maximum Gasteiger partial charge on any atom is 0.328 e. The number of nitrogens with two attached hydrogens (primary N) is 1. The van der Waals surface area contributed by atoms with Gasteiger partial charge in [0, 0.05) is 17.3 Å². The molecular weight excluding hydrogens is 278 g/mol. The van der Waals surface area contributed by atoms with E-state index < -0.39 is 12.0 Å². The number of nitrogens with one attached hydrogen (secondary N) is 1. The predicted molar refractivity (Wildman–Crippen MR) is 81.1 cm³/mol. The molecule has 0 heterocycles. The maximum atomic E-state index is 11.0. The molecule has 108 valence electrons. The molecule has 0 fully saturated rings. The van der Waals surface area contributed by atoms with E-state index in [0.717, 1.165) is 0 Å². The average Bonchev–Trinajstić information content (AvgIpc) is 2.39. The Bertz CT molecular complexity index is 532. The monoisotopic (exact) mass is 295 g/mol. The minimum Gasteiger partial charge on any atom is -0.507 e. The lowest BCUT2D eigenvalue weighted by molar-refractivity contribution is -0.138. The number of phenols is 1. The van der Waals surface area contributed by atoms with E-state index in [1.54, 1.807) is 11.8 Å². The van der Waals surface area contributed by atoms with Crippen LogP contribution in [0, 0.1) is 5.41 Å². The van der Waals surface area contributed by atoms with Crippen molar-refractivity contribution in [3.05, 3.63) is 29.3 Å². The van der Waals surface area contributed by atoms with Crippen molar-refractivity contribution in [2.24, 2.45) is 10.7 Å². The smallest absolute Gasteiger partial charge is 0.328 e. The maximum absolute atomic E-state index is 11.0. The summed E-state index contributed by atoms with van der Waals surface area (Å²) in [7, 11) is 0. The third kappa shape index (κ3) is 4.58. The number of thioether (sulfide) groups is 1. The third-order valence-electron chi connectivity index (χ3n) is 2.61. The van der Waals surface area contributed by atoms with Crippen LogP contribution >= 0.6 is 11.8 Å².